The smallest absolute Gasteiger partial charge is 0.191 e. The molecule has 0 bridgehead atoms. The molecule has 2 aliphatic rings. The summed E-state index contributed by atoms with van der Waals surface area (Å²) in [4.78, 5) is 6.80. The lowest BCUT2D eigenvalue weighted by Crippen LogP contribution is -2.42. The van der Waals surface area contributed by atoms with Crippen LogP contribution in [0.15, 0.2) is 29.3 Å². The molecule has 0 amide bonds. The number of para-hydroxylation sites is 1. The molecule has 5 heteroatoms. The summed E-state index contributed by atoms with van der Waals surface area (Å²) in [5.41, 5.74) is 7.29. The lowest BCUT2D eigenvalue weighted by Gasteiger charge is -2.31. The Kier molecular flexibility index (Phi) is 6.99. The molecule has 3 rings (SSSR count). The number of rotatable bonds is 4. The summed E-state index contributed by atoms with van der Waals surface area (Å²) in [6.45, 7) is 4.95. The average Bonchev–Trinajstić information content (AvgIpc) is 2.50. The fourth-order valence-electron chi connectivity index (χ4n) is 2.92. The van der Waals surface area contributed by atoms with Gasteiger partial charge in [-0.05, 0) is 44.1 Å². The van der Waals surface area contributed by atoms with Crippen LogP contribution in [-0.4, -0.2) is 30.1 Å². The van der Waals surface area contributed by atoms with Gasteiger partial charge in [0.2, 0.25) is 0 Å². The molecule has 2 N–H and O–H groups in total. The van der Waals surface area contributed by atoms with Crippen LogP contribution >= 0.6 is 24.0 Å². The Balaban J connectivity index is 0.00000192. The number of hydrogen-bond donors (Lipinski definition) is 1. The van der Waals surface area contributed by atoms with E-state index >= 15 is 0 Å². The molecule has 0 spiro atoms. The maximum atomic E-state index is 6.17. The first kappa shape index (κ1) is 18.4. The molecule has 0 radical (unpaired) electrons. The van der Waals surface area contributed by atoms with E-state index in [-0.39, 0.29) is 24.0 Å². The standard InChI is InChI=1S/C18H27N3O.HI/c1-14-9-11-21(12-10-14)18(19)20-13-15-5-2-3-8-17(15)22-16-6-4-7-16;/h2-3,5,8,14,16H,4,6-7,9-13H2,1H3,(H2,19,20);1H. The number of ether oxygens (including phenoxy) is 1. The molecule has 1 aliphatic carbocycles. The summed E-state index contributed by atoms with van der Waals surface area (Å²) in [6.07, 6.45) is 6.43. The number of nitrogens with zero attached hydrogens (tertiary/aromatic N) is 2. The summed E-state index contributed by atoms with van der Waals surface area (Å²) in [5, 5.41) is 0. The molecule has 1 saturated carbocycles. The Morgan fingerprint density at radius 3 is 2.57 bits per heavy atom. The number of guanidine groups is 1. The summed E-state index contributed by atoms with van der Waals surface area (Å²) < 4.78 is 6.05. The third-order valence-corrected chi connectivity index (χ3v) is 4.84. The maximum Gasteiger partial charge on any atom is 0.191 e. The van der Waals surface area contributed by atoms with Crippen molar-refractivity contribution in [3.05, 3.63) is 29.8 Å². The topological polar surface area (TPSA) is 50.8 Å². The zero-order valence-corrected chi connectivity index (χ0v) is 16.2. The molecule has 4 nitrogen and oxygen atoms in total. The second kappa shape index (κ2) is 8.76. The first-order chi connectivity index (χ1) is 10.7. The summed E-state index contributed by atoms with van der Waals surface area (Å²) in [7, 11) is 0. The predicted octanol–water partition coefficient (Wildman–Crippen LogP) is 3.78. The zero-order chi connectivity index (χ0) is 15.4. The van der Waals surface area contributed by atoms with E-state index in [1.807, 2.05) is 18.2 Å². The van der Waals surface area contributed by atoms with Crippen LogP contribution in [0.2, 0.25) is 0 Å². The van der Waals surface area contributed by atoms with Crippen LogP contribution in [0.4, 0.5) is 0 Å². The molecule has 1 aromatic carbocycles. The molecule has 23 heavy (non-hydrogen) atoms. The van der Waals surface area contributed by atoms with Crippen molar-refractivity contribution in [1.82, 2.24) is 4.90 Å². The molecule has 1 heterocycles. The van der Waals surface area contributed by atoms with Gasteiger partial charge in [0, 0.05) is 18.7 Å². The molecule has 2 fully saturated rings. The summed E-state index contributed by atoms with van der Waals surface area (Å²) in [5.74, 6) is 2.45. The Labute approximate surface area is 156 Å². The quantitative estimate of drug-likeness (QED) is 0.450. The van der Waals surface area contributed by atoms with E-state index in [9.17, 15) is 0 Å². The lowest BCUT2D eigenvalue weighted by molar-refractivity contribution is 0.119. The van der Waals surface area contributed by atoms with Crippen molar-refractivity contribution in [1.29, 1.82) is 0 Å². The van der Waals surface area contributed by atoms with Crippen molar-refractivity contribution in [3.63, 3.8) is 0 Å². The van der Waals surface area contributed by atoms with Crippen molar-refractivity contribution in [2.75, 3.05) is 13.1 Å². The van der Waals surface area contributed by atoms with Gasteiger partial charge in [-0.25, -0.2) is 4.99 Å². The Morgan fingerprint density at radius 1 is 1.22 bits per heavy atom. The van der Waals surface area contributed by atoms with Gasteiger partial charge in [0.25, 0.3) is 0 Å². The monoisotopic (exact) mass is 429 g/mol. The van der Waals surface area contributed by atoms with Crippen molar-refractivity contribution < 1.29 is 4.74 Å². The molecule has 0 atom stereocenters. The maximum absolute atomic E-state index is 6.17. The van der Waals surface area contributed by atoms with Gasteiger partial charge in [-0.1, -0.05) is 25.1 Å². The molecule has 1 saturated heterocycles. The van der Waals surface area contributed by atoms with Crippen LogP contribution in [0.5, 0.6) is 5.75 Å². The molecule has 1 aromatic rings. The Hall–Kier alpha value is -0.980. The highest BCUT2D eigenvalue weighted by molar-refractivity contribution is 14.0. The zero-order valence-electron chi connectivity index (χ0n) is 13.9. The fourth-order valence-corrected chi connectivity index (χ4v) is 2.92. The highest BCUT2D eigenvalue weighted by atomic mass is 127. The number of nitrogens with two attached hydrogens (primary N) is 1. The molecule has 128 valence electrons. The van der Waals surface area contributed by atoms with Crippen LogP contribution in [-0.2, 0) is 6.54 Å². The highest BCUT2D eigenvalue weighted by Crippen LogP contribution is 2.28. The van der Waals surface area contributed by atoms with Crippen LogP contribution < -0.4 is 10.5 Å². The third-order valence-electron chi connectivity index (χ3n) is 4.84. The van der Waals surface area contributed by atoms with E-state index in [2.05, 4.69) is 22.9 Å². The van der Waals surface area contributed by atoms with E-state index in [4.69, 9.17) is 10.5 Å². The van der Waals surface area contributed by atoms with Gasteiger partial charge in [-0.2, -0.15) is 0 Å². The average molecular weight is 429 g/mol. The largest absolute Gasteiger partial charge is 0.490 e. The molecule has 0 unspecified atom stereocenters. The van der Waals surface area contributed by atoms with Crippen molar-refractivity contribution in [2.24, 2.45) is 16.6 Å². The Morgan fingerprint density at radius 2 is 1.91 bits per heavy atom. The van der Waals surface area contributed by atoms with Crippen LogP contribution in [0.25, 0.3) is 0 Å². The number of aliphatic imine (C=N–C) groups is 1. The number of piperidine rings is 1. The first-order valence-electron chi connectivity index (χ1n) is 8.52. The van der Waals surface area contributed by atoms with E-state index in [0.717, 1.165) is 30.3 Å². The minimum Gasteiger partial charge on any atom is -0.490 e. The van der Waals surface area contributed by atoms with Gasteiger partial charge in [0.15, 0.2) is 5.96 Å². The second-order valence-electron chi connectivity index (χ2n) is 6.62. The van der Waals surface area contributed by atoms with E-state index < -0.39 is 0 Å². The lowest BCUT2D eigenvalue weighted by atomic mass is 9.96. The number of halogens is 1. The van der Waals surface area contributed by atoms with Gasteiger partial charge >= 0.3 is 0 Å². The fraction of sp³-hybridized carbons (Fsp3) is 0.611. The SMILES string of the molecule is CC1CCN(C(N)=NCc2ccccc2OC2CCC2)CC1.I. The molecular formula is C18H28IN3O. The van der Waals surface area contributed by atoms with E-state index in [0.29, 0.717) is 18.6 Å². The molecular weight excluding hydrogens is 401 g/mol. The minimum atomic E-state index is 0. The van der Waals surface area contributed by atoms with Gasteiger partial charge in [-0.15, -0.1) is 24.0 Å². The van der Waals surface area contributed by atoms with E-state index in [1.165, 1.54) is 32.1 Å². The van der Waals surface area contributed by atoms with Gasteiger partial charge < -0.3 is 15.4 Å². The predicted molar refractivity (Wildman–Crippen MR) is 105 cm³/mol. The number of hydrogen-bond acceptors (Lipinski definition) is 2. The van der Waals surface area contributed by atoms with Gasteiger partial charge in [-0.3, -0.25) is 0 Å². The summed E-state index contributed by atoms with van der Waals surface area (Å²) >= 11 is 0. The minimum absolute atomic E-state index is 0. The number of likely N-dealkylation sites (tertiary alicyclic amines) is 1. The van der Waals surface area contributed by atoms with Crippen LogP contribution in [0, 0.1) is 5.92 Å². The second-order valence-corrected chi connectivity index (χ2v) is 6.62. The molecule has 1 aliphatic heterocycles. The van der Waals surface area contributed by atoms with Crippen LogP contribution in [0.3, 0.4) is 0 Å². The summed E-state index contributed by atoms with van der Waals surface area (Å²) in [6, 6.07) is 8.19. The van der Waals surface area contributed by atoms with Crippen molar-refractivity contribution in [2.45, 2.75) is 51.7 Å². The van der Waals surface area contributed by atoms with Crippen LogP contribution in [0.1, 0.15) is 44.6 Å². The van der Waals surface area contributed by atoms with Crippen molar-refractivity contribution in [3.8, 4) is 5.75 Å². The third kappa shape index (κ3) is 4.99. The highest BCUT2D eigenvalue weighted by Gasteiger charge is 2.20. The van der Waals surface area contributed by atoms with E-state index in [1.54, 1.807) is 0 Å². The first-order valence-corrected chi connectivity index (χ1v) is 8.52. The normalized spacial score (nSPS) is 19.9. The van der Waals surface area contributed by atoms with Crippen molar-refractivity contribution >= 4 is 29.9 Å². The Bertz CT molecular complexity index is 523. The van der Waals surface area contributed by atoms with Gasteiger partial charge in [0.05, 0.1) is 12.6 Å². The number of benzene rings is 1. The van der Waals surface area contributed by atoms with Gasteiger partial charge in [0.1, 0.15) is 5.75 Å². The molecule has 0 aromatic heterocycles.